The zero-order valence-corrected chi connectivity index (χ0v) is 12.7. The molecule has 2 aromatic rings. The summed E-state index contributed by atoms with van der Waals surface area (Å²) in [7, 11) is 1.62. The van der Waals surface area contributed by atoms with Gasteiger partial charge in [0.15, 0.2) is 0 Å². The van der Waals surface area contributed by atoms with Crippen LogP contribution in [0.25, 0.3) is 0 Å². The van der Waals surface area contributed by atoms with Crippen molar-refractivity contribution >= 4 is 17.7 Å². The van der Waals surface area contributed by atoms with Gasteiger partial charge in [-0.1, -0.05) is 23.9 Å². The van der Waals surface area contributed by atoms with Gasteiger partial charge >= 0.3 is 0 Å². The first-order valence-electron chi connectivity index (χ1n) is 6.29. The molecule has 0 aliphatic rings. The second kappa shape index (κ2) is 6.98. The Kier molecular flexibility index (Phi) is 5.04. The molecule has 0 unspecified atom stereocenters. The van der Waals surface area contributed by atoms with Gasteiger partial charge in [0.1, 0.15) is 11.6 Å². The molecule has 7 nitrogen and oxygen atoms in total. The number of benzene rings is 1. The largest absolute Gasteiger partial charge is 0.497 e. The summed E-state index contributed by atoms with van der Waals surface area (Å²) in [4.78, 5) is 11.8. The molecular formula is C13H17N5O2S. The van der Waals surface area contributed by atoms with Crippen molar-refractivity contribution in [1.29, 1.82) is 0 Å². The minimum atomic E-state index is -0.0866. The van der Waals surface area contributed by atoms with Crippen molar-refractivity contribution in [2.24, 2.45) is 0 Å². The summed E-state index contributed by atoms with van der Waals surface area (Å²) < 4.78 is 6.44. The molecule has 0 bridgehead atoms. The summed E-state index contributed by atoms with van der Waals surface area (Å²) in [6, 6.07) is 7.53. The Morgan fingerprint density at radius 1 is 1.38 bits per heavy atom. The van der Waals surface area contributed by atoms with Crippen molar-refractivity contribution in [3.8, 4) is 5.75 Å². The number of aryl methyl sites for hydroxylation is 1. The van der Waals surface area contributed by atoms with E-state index in [0.29, 0.717) is 17.5 Å². The number of ether oxygens (including phenoxy) is 1. The van der Waals surface area contributed by atoms with E-state index in [-0.39, 0.29) is 11.7 Å². The molecule has 8 heteroatoms. The fraction of sp³-hybridized carbons (Fsp3) is 0.308. The Balaban J connectivity index is 1.78. The number of nitrogen functional groups attached to an aromatic ring is 1. The van der Waals surface area contributed by atoms with Gasteiger partial charge < -0.3 is 15.9 Å². The van der Waals surface area contributed by atoms with Crippen LogP contribution in [0.2, 0.25) is 0 Å². The Morgan fingerprint density at radius 2 is 2.10 bits per heavy atom. The number of hydrogen-bond acceptors (Lipinski definition) is 6. The van der Waals surface area contributed by atoms with Gasteiger partial charge in [0, 0.05) is 6.54 Å². The standard InChI is InChI=1S/C13H17N5O2S/c1-9-16-17-13(18(9)14)21-8-12(19)15-7-10-3-5-11(20-2)6-4-10/h3-6H,7-8,14H2,1-2H3,(H,15,19). The molecule has 0 atom stereocenters. The zero-order valence-electron chi connectivity index (χ0n) is 11.9. The lowest BCUT2D eigenvalue weighted by atomic mass is 10.2. The number of methoxy groups -OCH3 is 1. The van der Waals surface area contributed by atoms with E-state index in [2.05, 4.69) is 15.5 Å². The predicted octanol–water partition coefficient (Wildman–Crippen LogP) is 0.717. The van der Waals surface area contributed by atoms with Crippen LogP contribution in [-0.2, 0) is 11.3 Å². The number of nitrogens with two attached hydrogens (primary N) is 1. The van der Waals surface area contributed by atoms with Crippen molar-refractivity contribution < 1.29 is 9.53 Å². The van der Waals surface area contributed by atoms with Gasteiger partial charge in [-0.3, -0.25) is 4.79 Å². The average molecular weight is 307 g/mol. The van der Waals surface area contributed by atoms with Crippen LogP contribution in [0, 0.1) is 6.92 Å². The third-order valence-electron chi connectivity index (χ3n) is 2.82. The van der Waals surface area contributed by atoms with Crippen LogP contribution in [0.15, 0.2) is 29.4 Å². The van der Waals surface area contributed by atoms with E-state index in [1.807, 2.05) is 24.3 Å². The molecule has 1 amide bonds. The minimum absolute atomic E-state index is 0.0866. The number of nitrogens with zero attached hydrogens (tertiary/aromatic N) is 3. The van der Waals surface area contributed by atoms with Crippen LogP contribution in [0.1, 0.15) is 11.4 Å². The molecule has 1 aromatic heterocycles. The highest BCUT2D eigenvalue weighted by atomic mass is 32.2. The summed E-state index contributed by atoms with van der Waals surface area (Å²) in [5.74, 6) is 7.26. The number of aromatic nitrogens is 3. The van der Waals surface area contributed by atoms with Gasteiger partial charge in [-0.25, -0.2) is 4.68 Å². The second-order valence-electron chi connectivity index (χ2n) is 4.31. The van der Waals surface area contributed by atoms with E-state index in [0.717, 1.165) is 11.3 Å². The normalized spacial score (nSPS) is 10.4. The highest BCUT2D eigenvalue weighted by molar-refractivity contribution is 7.99. The van der Waals surface area contributed by atoms with Gasteiger partial charge in [-0.15, -0.1) is 10.2 Å². The maximum absolute atomic E-state index is 11.8. The minimum Gasteiger partial charge on any atom is -0.497 e. The number of amides is 1. The lowest BCUT2D eigenvalue weighted by Gasteiger charge is -2.06. The van der Waals surface area contributed by atoms with Crippen molar-refractivity contribution in [2.75, 3.05) is 18.7 Å². The van der Waals surface area contributed by atoms with Crippen LogP contribution in [0.5, 0.6) is 5.75 Å². The number of hydrogen-bond donors (Lipinski definition) is 2. The van der Waals surface area contributed by atoms with E-state index >= 15 is 0 Å². The summed E-state index contributed by atoms with van der Waals surface area (Å²) in [6.45, 7) is 2.22. The fourth-order valence-electron chi connectivity index (χ4n) is 1.57. The first kappa shape index (κ1) is 15.2. The maximum Gasteiger partial charge on any atom is 0.230 e. The summed E-state index contributed by atoms with van der Waals surface area (Å²) in [6.07, 6.45) is 0. The lowest BCUT2D eigenvalue weighted by molar-refractivity contribution is -0.118. The predicted molar refractivity (Wildman–Crippen MR) is 80.5 cm³/mol. The molecule has 0 radical (unpaired) electrons. The number of thioether (sulfide) groups is 1. The van der Waals surface area contributed by atoms with E-state index in [1.54, 1.807) is 14.0 Å². The lowest BCUT2D eigenvalue weighted by Crippen LogP contribution is -2.25. The third kappa shape index (κ3) is 4.12. The molecule has 0 fully saturated rings. The van der Waals surface area contributed by atoms with Crippen molar-refractivity contribution in [3.05, 3.63) is 35.7 Å². The number of rotatable bonds is 6. The van der Waals surface area contributed by atoms with Gasteiger partial charge in [0.05, 0.1) is 12.9 Å². The third-order valence-corrected chi connectivity index (χ3v) is 3.76. The van der Waals surface area contributed by atoms with Gasteiger partial charge in [0.2, 0.25) is 11.1 Å². The monoisotopic (exact) mass is 307 g/mol. The van der Waals surface area contributed by atoms with E-state index < -0.39 is 0 Å². The summed E-state index contributed by atoms with van der Waals surface area (Å²) in [5.41, 5.74) is 1.01. The molecule has 21 heavy (non-hydrogen) atoms. The van der Waals surface area contributed by atoms with Crippen LogP contribution >= 0.6 is 11.8 Å². The molecule has 3 N–H and O–H groups in total. The molecule has 0 saturated carbocycles. The smallest absolute Gasteiger partial charge is 0.230 e. The molecule has 2 rings (SSSR count). The second-order valence-corrected chi connectivity index (χ2v) is 5.26. The fourth-order valence-corrected chi connectivity index (χ4v) is 2.31. The van der Waals surface area contributed by atoms with Crippen molar-refractivity contribution in [3.63, 3.8) is 0 Å². The first-order valence-corrected chi connectivity index (χ1v) is 7.28. The number of carbonyl (C=O) groups excluding carboxylic acids is 1. The summed E-state index contributed by atoms with van der Waals surface area (Å²) >= 11 is 1.25. The van der Waals surface area contributed by atoms with Crippen molar-refractivity contribution in [2.45, 2.75) is 18.6 Å². The quantitative estimate of drug-likeness (QED) is 0.603. The van der Waals surface area contributed by atoms with Crippen LogP contribution in [0.4, 0.5) is 0 Å². The number of carbonyl (C=O) groups is 1. The van der Waals surface area contributed by atoms with Crippen LogP contribution < -0.4 is 15.9 Å². The Bertz CT molecular complexity index is 612. The molecule has 1 aromatic carbocycles. The van der Waals surface area contributed by atoms with Crippen molar-refractivity contribution in [1.82, 2.24) is 20.2 Å². The van der Waals surface area contributed by atoms with E-state index in [9.17, 15) is 4.79 Å². The molecule has 1 heterocycles. The Morgan fingerprint density at radius 3 is 2.67 bits per heavy atom. The highest BCUT2D eigenvalue weighted by Gasteiger charge is 2.09. The van der Waals surface area contributed by atoms with Gasteiger partial charge in [-0.05, 0) is 24.6 Å². The SMILES string of the molecule is COc1ccc(CNC(=O)CSc2nnc(C)n2N)cc1. The highest BCUT2D eigenvalue weighted by Crippen LogP contribution is 2.14. The Labute approximate surface area is 126 Å². The molecule has 112 valence electrons. The molecule has 0 aliphatic carbocycles. The summed E-state index contributed by atoms with van der Waals surface area (Å²) in [5, 5.41) is 11.1. The van der Waals surface area contributed by atoms with E-state index in [1.165, 1.54) is 16.4 Å². The van der Waals surface area contributed by atoms with Gasteiger partial charge in [0.25, 0.3) is 0 Å². The zero-order chi connectivity index (χ0) is 15.2. The molecule has 0 saturated heterocycles. The van der Waals surface area contributed by atoms with Gasteiger partial charge in [-0.2, -0.15) is 0 Å². The van der Waals surface area contributed by atoms with E-state index in [4.69, 9.17) is 10.6 Å². The molecule has 0 aliphatic heterocycles. The first-order chi connectivity index (χ1) is 10.1. The average Bonchev–Trinajstić information content (AvgIpc) is 2.83. The van der Waals surface area contributed by atoms with Crippen LogP contribution in [-0.4, -0.2) is 33.6 Å². The number of nitrogens with one attached hydrogen (secondary N) is 1. The topological polar surface area (TPSA) is 95.1 Å². The molecular weight excluding hydrogens is 290 g/mol. The Hall–Kier alpha value is -2.22. The van der Waals surface area contributed by atoms with Crippen LogP contribution in [0.3, 0.4) is 0 Å². The maximum atomic E-state index is 11.8. The molecule has 0 spiro atoms.